The van der Waals surface area contributed by atoms with E-state index < -0.39 is 124 Å². The van der Waals surface area contributed by atoms with Gasteiger partial charge >= 0.3 is 0 Å². The van der Waals surface area contributed by atoms with Crippen LogP contribution < -0.4 is 5.32 Å². The third-order valence-electron chi connectivity index (χ3n) is 23.6. The minimum absolute atomic E-state index is 0.236. The number of carbonyl (C=O) groups excluding carboxylic acids is 1. The van der Waals surface area contributed by atoms with E-state index in [0.717, 1.165) is 44.9 Å². The molecule has 1 amide bonds. The summed E-state index contributed by atoms with van der Waals surface area (Å²) in [6.07, 6.45) is 70.1. The molecule has 3 saturated heterocycles. The minimum atomic E-state index is -1.98. The molecule has 17 unspecified atom stereocenters. The number of hydrogen-bond donors (Lipinski definition) is 12. The van der Waals surface area contributed by atoms with Gasteiger partial charge in [0.05, 0.1) is 38.6 Å². The van der Waals surface area contributed by atoms with Crippen LogP contribution >= 0.6 is 0 Å². The van der Waals surface area contributed by atoms with Crippen LogP contribution in [0.4, 0.5) is 0 Å². The minimum Gasteiger partial charge on any atom is -0.394 e. The number of rotatable bonds is 78. The summed E-state index contributed by atoms with van der Waals surface area (Å²) in [5.74, 6) is -0.281. The van der Waals surface area contributed by atoms with Gasteiger partial charge in [0.25, 0.3) is 0 Å². The SMILES string of the molecule is CCCCCCCCCC/C=C\CCCCCCCCCCCCCCCCCCCCCCCCCCCC(=O)NC(COC1OC(CO)C(OC2OC(CO)C(OC3OC(CO)C(O)C(O)C3O)C(O)C2O)C(O)C1O)C(O)/C=C/CC/C=C/CC/C=C/CCCCCCCCCCCCCCCCCCCCCCC. The summed E-state index contributed by atoms with van der Waals surface area (Å²) in [5, 5.41) is 121. The first-order valence-electron chi connectivity index (χ1n) is 47.4. The highest BCUT2D eigenvalue weighted by Crippen LogP contribution is 2.34. The van der Waals surface area contributed by atoms with Gasteiger partial charge in [-0.25, -0.2) is 0 Å². The molecule has 3 heterocycles. The Morgan fingerprint density at radius 1 is 0.310 bits per heavy atom. The van der Waals surface area contributed by atoms with E-state index in [1.54, 1.807) is 6.08 Å². The molecule has 0 saturated carbocycles. The molecule has 0 aromatic carbocycles. The molecule has 3 rings (SSSR count). The Kier molecular flexibility index (Phi) is 68.4. The molecule has 19 heteroatoms. The van der Waals surface area contributed by atoms with Crippen molar-refractivity contribution in [3.63, 3.8) is 0 Å². The summed E-state index contributed by atoms with van der Waals surface area (Å²) in [5.41, 5.74) is 0. The molecule has 0 aromatic heterocycles. The van der Waals surface area contributed by atoms with E-state index in [1.165, 1.54) is 334 Å². The predicted octanol–water partition coefficient (Wildman–Crippen LogP) is 18.7. The highest BCUT2D eigenvalue weighted by atomic mass is 16.8. The monoisotopic (exact) mass is 1610 g/mol. The summed E-state index contributed by atoms with van der Waals surface area (Å²) in [6, 6.07) is -0.998. The molecule has 17 atom stereocenters. The fourth-order valence-corrected chi connectivity index (χ4v) is 16.0. The molecule has 3 fully saturated rings. The third kappa shape index (κ3) is 51.9. The molecule has 3 aliphatic heterocycles. The van der Waals surface area contributed by atoms with Gasteiger partial charge in [-0.05, 0) is 70.6 Å². The van der Waals surface area contributed by atoms with Crippen LogP contribution in [-0.4, -0.2) is 193 Å². The first kappa shape index (κ1) is 105. The van der Waals surface area contributed by atoms with E-state index in [2.05, 4.69) is 55.6 Å². The standard InChI is InChI=1S/C94H175NO18/c1-3-5-7-9-11-13-15-17-19-21-23-25-27-29-31-33-35-36-37-38-39-40-42-44-46-48-50-52-54-56-58-60-62-64-66-68-70-72-82(100)95-77(78(99)71-69-67-65-63-61-59-57-55-53-51-49-47-45-43-41-34-32-30-28-26-24-22-20-18-16-14-12-10-8-6-4-2)76-108-92-88(106)85(103)90(80(74-97)110-92)113-94-89(107)86(104)91(81(75-98)111-94)112-93-87(105)84(102)83(101)79(73-96)109-93/h21,23,53,55,61,63,69,71,77-81,83-94,96-99,101-107H,3-20,22,24-52,54,56-60,62,64-68,70,72-76H2,1-2H3,(H,95,100)/b23-21-,55-53+,63-61+,71-69+. The van der Waals surface area contributed by atoms with Gasteiger partial charge in [-0.3, -0.25) is 4.79 Å². The van der Waals surface area contributed by atoms with Crippen LogP contribution in [-0.2, 0) is 33.2 Å². The molecular weight excluding hydrogens is 1430 g/mol. The maximum atomic E-state index is 13.5. The lowest BCUT2D eigenvalue weighted by Crippen LogP contribution is -2.66. The van der Waals surface area contributed by atoms with Crippen molar-refractivity contribution in [3.05, 3.63) is 48.6 Å². The second-order valence-corrected chi connectivity index (χ2v) is 33.8. The topological polar surface area (TPSA) is 307 Å². The second-order valence-electron chi connectivity index (χ2n) is 33.8. The molecule has 0 spiro atoms. The highest BCUT2D eigenvalue weighted by Gasteiger charge is 2.54. The van der Waals surface area contributed by atoms with Gasteiger partial charge in [0.15, 0.2) is 18.9 Å². The molecule has 19 nitrogen and oxygen atoms in total. The van der Waals surface area contributed by atoms with E-state index in [1.807, 2.05) is 6.08 Å². The highest BCUT2D eigenvalue weighted by molar-refractivity contribution is 5.76. The molecule has 3 aliphatic rings. The largest absolute Gasteiger partial charge is 0.394 e. The van der Waals surface area contributed by atoms with Crippen LogP contribution in [0.1, 0.15) is 412 Å². The lowest BCUT2D eigenvalue weighted by Gasteiger charge is -2.48. The average molecular weight is 1610 g/mol. The van der Waals surface area contributed by atoms with Crippen molar-refractivity contribution in [2.45, 2.75) is 516 Å². The van der Waals surface area contributed by atoms with E-state index in [-0.39, 0.29) is 18.9 Å². The first-order valence-corrected chi connectivity index (χ1v) is 47.4. The molecule has 113 heavy (non-hydrogen) atoms. The smallest absolute Gasteiger partial charge is 0.220 e. The van der Waals surface area contributed by atoms with E-state index in [0.29, 0.717) is 12.8 Å². The molecule has 12 N–H and O–H groups in total. The fraction of sp³-hybridized carbons (Fsp3) is 0.904. The van der Waals surface area contributed by atoms with Crippen molar-refractivity contribution in [2.75, 3.05) is 26.4 Å². The van der Waals surface area contributed by atoms with Gasteiger partial charge in [-0.15, -0.1) is 0 Å². The Labute approximate surface area is 688 Å². The molecule has 664 valence electrons. The van der Waals surface area contributed by atoms with Crippen LogP contribution in [0.5, 0.6) is 0 Å². The van der Waals surface area contributed by atoms with Crippen molar-refractivity contribution in [1.82, 2.24) is 5.32 Å². The third-order valence-corrected chi connectivity index (χ3v) is 23.6. The number of aliphatic hydroxyl groups is 11. The van der Waals surface area contributed by atoms with Gasteiger partial charge in [-0.2, -0.15) is 0 Å². The van der Waals surface area contributed by atoms with Crippen LogP contribution in [0.15, 0.2) is 48.6 Å². The Bertz CT molecular complexity index is 2220. The number of carbonyl (C=O) groups is 1. The van der Waals surface area contributed by atoms with Crippen molar-refractivity contribution >= 4 is 5.91 Å². The van der Waals surface area contributed by atoms with Gasteiger partial charge < -0.3 is 89.9 Å². The quantitative estimate of drug-likeness (QED) is 0.0199. The van der Waals surface area contributed by atoms with E-state index >= 15 is 0 Å². The van der Waals surface area contributed by atoms with Crippen molar-refractivity contribution < 1.29 is 89.4 Å². The van der Waals surface area contributed by atoms with E-state index in [9.17, 15) is 61.0 Å². The van der Waals surface area contributed by atoms with Crippen LogP contribution in [0, 0.1) is 0 Å². The zero-order chi connectivity index (χ0) is 81.7. The molecule has 0 bridgehead atoms. The number of hydrogen-bond acceptors (Lipinski definition) is 18. The zero-order valence-corrected chi connectivity index (χ0v) is 71.9. The number of nitrogens with one attached hydrogen (secondary N) is 1. The number of unbranched alkanes of at least 4 members (excludes halogenated alkanes) is 56. The lowest BCUT2D eigenvalue weighted by molar-refractivity contribution is -0.379. The van der Waals surface area contributed by atoms with Crippen molar-refractivity contribution in [1.29, 1.82) is 0 Å². The molecule has 0 aliphatic carbocycles. The lowest BCUT2D eigenvalue weighted by atomic mass is 9.96. The Morgan fingerprint density at radius 3 is 0.885 bits per heavy atom. The van der Waals surface area contributed by atoms with Crippen molar-refractivity contribution in [2.24, 2.45) is 0 Å². The number of amides is 1. The van der Waals surface area contributed by atoms with Gasteiger partial charge in [0.1, 0.15) is 73.2 Å². The Morgan fingerprint density at radius 2 is 0.566 bits per heavy atom. The average Bonchev–Trinajstić information content (AvgIpc) is 0.779. The van der Waals surface area contributed by atoms with Crippen LogP contribution in [0.2, 0.25) is 0 Å². The van der Waals surface area contributed by atoms with E-state index in [4.69, 9.17) is 28.4 Å². The van der Waals surface area contributed by atoms with Crippen LogP contribution in [0.25, 0.3) is 0 Å². The maximum absolute atomic E-state index is 13.5. The number of aliphatic hydroxyl groups excluding tert-OH is 11. The maximum Gasteiger partial charge on any atom is 0.220 e. The van der Waals surface area contributed by atoms with Gasteiger partial charge in [-0.1, -0.05) is 383 Å². The summed E-state index contributed by atoms with van der Waals surface area (Å²) < 4.78 is 34.5. The number of ether oxygens (including phenoxy) is 6. The normalized spacial score (nSPS) is 25.0. The van der Waals surface area contributed by atoms with Gasteiger partial charge in [0, 0.05) is 6.42 Å². The summed E-state index contributed by atoms with van der Waals surface area (Å²) in [4.78, 5) is 13.5. The summed E-state index contributed by atoms with van der Waals surface area (Å²) >= 11 is 0. The molecule has 0 aromatic rings. The fourth-order valence-electron chi connectivity index (χ4n) is 16.0. The predicted molar refractivity (Wildman–Crippen MR) is 457 cm³/mol. The Balaban J connectivity index is 1.32. The molecule has 0 radical (unpaired) electrons. The zero-order valence-electron chi connectivity index (χ0n) is 71.9. The summed E-state index contributed by atoms with van der Waals surface area (Å²) in [6.45, 7) is 1.78. The van der Waals surface area contributed by atoms with Crippen molar-refractivity contribution in [3.8, 4) is 0 Å². The second kappa shape index (κ2) is 73.7. The first-order chi connectivity index (χ1) is 55.3. The Hall–Kier alpha value is -2.25. The number of allylic oxidation sites excluding steroid dienone is 7. The summed E-state index contributed by atoms with van der Waals surface area (Å²) in [7, 11) is 0. The van der Waals surface area contributed by atoms with Gasteiger partial charge in [0.2, 0.25) is 5.91 Å². The molecular formula is C94H175NO18. The van der Waals surface area contributed by atoms with Crippen LogP contribution in [0.3, 0.4) is 0 Å².